The zero-order chi connectivity index (χ0) is 15.7. The molecule has 0 spiro atoms. The van der Waals surface area contributed by atoms with E-state index in [0.717, 1.165) is 19.0 Å². The topological polar surface area (TPSA) is 110 Å². The summed E-state index contributed by atoms with van der Waals surface area (Å²) in [6, 6.07) is 0. The summed E-state index contributed by atoms with van der Waals surface area (Å²) in [5, 5.41) is 27.5. The van der Waals surface area contributed by atoms with Crippen LogP contribution in [0.5, 0.6) is 0 Å². The van der Waals surface area contributed by atoms with E-state index in [4.69, 9.17) is 0 Å². The number of hydrogen-bond acceptors (Lipinski definition) is 5. The third-order valence-corrected chi connectivity index (χ3v) is 4.02. The van der Waals surface area contributed by atoms with E-state index in [-0.39, 0.29) is 18.1 Å². The van der Waals surface area contributed by atoms with Crippen molar-refractivity contribution in [2.24, 2.45) is 0 Å². The summed E-state index contributed by atoms with van der Waals surface area (Å²) in [7, 11) is 0. The number of nitro groups is 1. The molecule has 0 aliphatic heterocycles. The van der Waals surface area contributed by atoms with Gasteiger partial charge in [0.05, 0.1) is 10.5 Å². The molecular weight excluding hydrogens is 276 g/mol. The summed E-state index contributed by atoms with van der Waals surface area (Å²) < 4.78 is 1.26. The third-order valence-electron chi connectivity index (χ3n) is 4.02. The fraction of sp³-hybridized carbons (Fsp3) is 0.692. The Balaban J connectivity index is 2.03. The van der Waals surface area contributed by atoms with Crippen LogP contribution < -0.4 is 5.32 Å². The molecular formula is C13H20N4O4. The van der Waals surface area contributed by atoms with Crippen molar-refractivity contribution in [1.29, 1.82) is 0 Å². The number of nitrogens with zero attached hydrogens (tertiary/aromatic N) is 3. The third kappa shape index (κ3) is 3.21. The van der Waals surface area contributed by atoms with Gasteiger partial charge in [0.2, 0.25) is 5.91 Å². The lowest BCUT2D eigenvalue weighted by Crippen LogP contribution is -2.49. The molecule has 1 aromatic heterocycles. The quantitative estimate of drug-likeness (QED) is 0.621. The molecule has 1 heterocycles. The van der Waals surface area contributed by atoms with Gasteiger partial charge in [-0.25, -0.2) is 0 Å². The van der Waals surface area contributed by atoms with Crippen LogP contribution in [0.15, 0.2) is 12.4 Å². The van der Waals surface area contributed by atoms with Gasteiger partial charge in [-0.1, -0.05) is 12.8 Å². The first-order valence-electron chi connectivity index (χ1n) is 6.95. The summed E-state index contributed by atoms with van der Waals surface area (Å²) in [4.78, 5) is 22.4. The molecule has 0 unspecified atom stereocenters. The highest BCUT2D eigenvalue weighted by atomic mass is 16.6. The van der Waals surface area contributed by atoms with Gasteiger partial charge in [-0.3, -0.25) is 19.6 Å². The second kappa shape index (κ2) is 5.44. The molecule has 0 bridgehead atoms. The molecule has 1 amide bonds. The van der Waals surface area contributed by atoms with Crippen LogP contribution in [0.4, 0.5) is 5.69 Å². The Hall–Kier alpha value is -1.96. The number of carbonyl (C=O) groups excluding carboxylic acids is 1. The van der Waals surface area contributed by atoms with Gasteiger partial charge in [0.25, 0.3) is 0 Å². The second-order valence-corrected chi connectivity index (χ2v) is 6.07. The van der Waals surface area contributed by atoms with E-state index >= 15 is 0 Å². The predicted molar refractivity (Wildman–Crippen MR) is 74.6 cm³/mol. The molecule has 21 heavy (non-hydrogen) atoms. The van der Waals surface area contributed by atoms with Crippen LogP contribution in [0.2, 0.25) is 0 Å². The lowest BCUT2D eigenvalue weighted by molar-refractivity contribution is -0.385. The molecule has 1 aliphatic carbocycles. The zero-order valence-corrected chi connectivity index (χ0v) is 12.2. The lowest BCUT2D eigenvalue weighted by atomic mass is 10.0. The molecule has 2 rings (SSSR count). The lowest BCUT2D eigenvalue weighted by Gasteiger charge is -2.28. The molecule has 8 nitrogen and oxygen atoms in total. The molecule has 116 valence electrons. The molecule has 0 radical (unpaired) electrons. The maximum atomic E-state index is 12.3. The van der Waals surface area contributed by atoms with Crippen molar-refractivity contribution in [3.8, 4) is 0 Å². The Morgan fingerprint density at radius 1 is 1.57 bits per heavy atom. The van der Waals surface area contributed by atoms with Crippen LogP contribution in [-0.4, -0.2) is 37.9 Å². The van der Waals surface area contributed by atoms with Gasteiger partial charge in [-0.05, 0) is 26.7 Å². The van der Waals surface area contributed by atoms with Gasteiger partial charge in [-0.2, -0.15) is 5.10 Å². The van der Waals surface area contributed by atoms with Crippen molar-refractivity contribution >= 4 is 11.6 Å². The average molecular weight is 296 g/mol. The van der Waals surface area contributed by atoms with Crippen LogP contribution in [0, 0.1) is 10.1 Å². The Labute approximate surface area is 122 Å². The molecule has 1 aromatic rings. The summed E-state index contributed by atoms with van der Waals surface area (Å²) >= 11 is 0. The Kier molecular flexibility index (Phi) is 3.99. The van der Waals surface area contributed by atoms with Gasteiger partial charge in [0.15, 0.2) is 0 Å². The SMILES string of the molecule is CC(C)(C(=O)NCC1(O)CCCC1)n1cc([N+](=O)[O-])cn1. The first kappa shape index (κ1) is 15.4. The average Bonchev–Trinajstić information content (AvgIpc) is 3.05. The molecule has 0 saturated heterocycles. The van der Waals surface area contributed by atoms with Crippen LogP contribution in [0.25, 0.3) is 0 Å². The number of amides is 1. The molecule has 8 heteroatoms. The van der Waals surface area contributed by atoms with Crippen LogP contribution >= 0.6 is 0 Å². The number of hydrogen-bond donors (Lipinski definition) is 2. The van der Waals surface area contributed by atoms with Crippen LogP contribution in [0.1, 0.15) is 39.5 Å². The minimum atomic E-state index is -1.07. The van der Waals surface area contributed by atoms with E-state index in [9.17, 15) is 20.0 Å². The number of rotatable bonds is 5. The minimum Gasteiger partial charge on any atom is -0.388 e. The van der Waals surface area contributed by atoms with E-state index in [1.54, 1.807) is 13.8 Å². The maximum absolute atomic E-state index is 12.3. The van der Waals surface area contributed by atoms with Crippen molar-refractivity contribution in [3.05, 3.63) is 22.5 Å². The van der Waals surface area contributed by atoms with Gasteiger partial charge in [0, 0.05) is 6.54 Å². The summed E-state index contributed by atoms with van der Waals surface area (Å²) in [5.41, 5.74) is -2.06. The second-order valence-electron chi connectivity index (χ2n) is 6.07. The predicted octanol–water partition coefficient (Wildman–Crippen LogP) is 0.948. The van der Waals surface area contributed by atoms with Crippen molar-refractivity contribution in [2.75, 3.05) is 6.54 Å². The zero-order valence-electron chi connectivity index (χ0n) is 12.2. The Bertz CT molecular complexity index is 546. The van der Waals surface area contributed by atoms with Gasteiger partial charge in [0.1, 0.15) is 17.9 Å². The number of carbonyl (C=O) groups is 1. The first-order valence-corrected chi connectivity index (χ1v) is 6.95. The number of nitrogens with one attached hydrogen (secondary N) is 1. The van der Waals surface area contributed by atoms with Crippen molar-refractivity contribution in [3.63, 3.8) is 0 Å². The monoisotopic (exact) mass is 296 g/mol. The number of aromatic nitrogens is 2. The summed E-state index contributed by atoms with van der Waals surface area (Å²) in [5.74, 6) is -0.333. The Morgan fingerprint density at radius 3 is 2.71 bits per heavy atom. The molecule has 2 N–H and O–H groups in total. The van der Waals surface area contributed by atoms with Crippen molar-refractivity contribution in [1.82, 2.24) is 15.1 Å². The largest absolute Gasteiger partial charge is 0.388 e. The molecule has 1 aliphatic rings. The normalized spacial score (nSPS) is 17.7. The first-order chi connectivity index (χ1) is 9.74. The highest BCUT2D eigenvalue weighted by molar-refractivity contribution is 5.83. The maximum Gasteiger partial charge on any atom is 0.307 e. The van der Waals surface area contributed by atoms with E-state index in [1.807, 2.05) is 0 Å². The molecule has 0 aromatic carbocycles. The number of aliphatic hydroxyl groups is 1. The minimum absolute atomic E-state index is 0.162. The van der Waals surface area contributed by atoms with Crippen LogP contribution in [0.3, 0.4) is 0 Å². The van der Waals surface area contributed by atoms with Crippen molar-refractivity contribution in [2.45, 2.75) is 50.7 Å². The van der Waals surface area contributed by atoms with Gasteiger partial charge >= 0.3 is 5.69 Å². The van der Waals surface area contributed by atoms with E-state index in [0.29, 0.717) is 12.8 Å². The Morgan fingerprint density at radius 2 is 2.19 bits per heavy atom. The highest BCUT2D eigenvalue weighted by Gasteiger charge is 2.36. The fourth-order valence-electron chi connectivity index (χ4n) is 2.49. The van der Waals surface area contributed by atoms with Crippen LogP contribution in [-0.2, 0) is 10.3 Å². The standard InChI is InChI=1S/C13H20N4O4/c1-12(2,16-8-10(7-15-16)17(20)21)11(18)14-9-13(19)5-3-4-6-13/h7-8,19H,3-6,9H2,1-2H3,(H,14,18). The van der Waals surface area contributed by atoms with E-state index in [2.05, 4.69) is 10.4 Å². The highest BCUT2D eigenvalue weighted by Crippen LogP contribution is 2.29. The molecule has 1 saturated carbocycles. The smallest absolute Gasteiger partial charge is 0.307 e. The summed E-state index contributed by atoms with van der Waals surface area (Å²) in [6.07, 6.45) is 5.62. The van der Waals surface area contributed by atoms with Crippen molar-refractivity contribution < 1.29 is 14.8 Å². The van der Waals surface area contributed by atoms with E-state index < -0.39 is 16.1 Å². The molecule has 1 fully saturated rings. The summed E-state index contributed by atoms with van der Waals surface area (Å²) in [6.45, 7) is 3.44. The van der Waals surface area contributed by atoms with Gasteiger partial charge < -0.3 is 10.4 Å². The van der Waals surface area contributed by atoms with E-state index in [1.165, 1.54) is 10.9 Å². The van der Waals surface area contributed by atoms with Gasteiger partial charge in [-0.15, -0.1) is 0 Å². The molecule has 0 atom stereocenters. The fourth-order valence-corrected chi connectivity index (χ4v) is 2.49.